The topological polar surface area (TPSA) is 113 Å². The molecule has 138 valence electrons. The molecule has 0 aliphatic heterocycles. The first-order valence-electron chi connectivity index (χ1n) is 8.44. The van der Waals surface area contributed by atoms with E-state index >= 15 is 0 Å². The molecular formula is C16H24N4O4S. The van der Waals surface area contributed by atoms with Crippen molar-refractivity contribution < 1.29 is 19.5 Å². The summed E-state index contributed by atoms with van der Waals surface area (Å²) in [5.41, 5.74) is 0.383. The van der Waals surface area contributed by atoms with Crippen LogP contribution in [0.4, 0.5) is 0 Å². The molecule has 0 saturated heterocycles. The van der Waals surface area contributed by atoms with Gasteiger partial charge in [-0.3, -0.25) is 19.1 Å². The monoisotopic (exact) mass is 368 g/mol. The number of rotatable bonds is 9. The minimum atomic E-state index is -0.871. The maximum Gasteiger partial charge on any atom is 0.313 e. The lowest BCUT2D eigenvalue weighted by Gasteiger charge is -2.22. The van der Waals surface area contributed by atoms with Gasteiger partial charge in [-0.05, 0) is 12.8 Å². The summed E-state index contributed by atoms with van der Waals surface area (Å²) in [6.45, 7) is 0.475. The van der Waals surface area contributed by atoms with Gasteiger partial charge in [-0.2, -0.15) is 5.10 Å². The first kappa shape index (κ1) is 19.3. The summed E-state index contributed by atoms with van der Waals surface area (Å²) in [5, 5.41) is 18.3. The maximum absolute atomic E-state index is 12.0. The maximum atomic E-state index is 12.0. The highest BCUT2D eigenvalue weighted by molar-refractivity contribution is 7.99. The van der Waals surface area contributed by atoms with Crippen LogP contribution in [-0.2, 0) is 16.1 Å². The van der Waals surface area contributed by atoms with Gasteiger partial charge in [0.2, 0.25) is 5.91 Å². The van der Waals surface area contributed by atoms with E-state index in [1.165, 1.54) is 29.1 Å². The van der Waals surface area contributed by atoms with E-state index in [1.807, 2.05) is 0 Å². The number of nitrogens with one attached hydrogen (secondary N) is 2. The van der Waals surface area contributed by atoms with Crippen molar-refractivity contribution in [1.82, 2.24) is 20.4 Å². The van der Waals surface area contributed by atoms with Gasteiger partial charge in [0, 0.05) is 24.5 Å². The van der Waals surface area contributed by atoms with Crippen molar-refractivity contribution in [2.75, 3.05) is 18.1 Å². The van der Waals surface area contributed by atoms with Crippen molar-refractivity contribution in [3.05, 3.63) is 18.0 Å². The van der Waals surface area contributed by atoms with E-state index in [4.69, 9.17) is 5.11 Å². The molecule has 0 radical (unpaired) electrons. The van der Waals surface area contributed by atoms with E-state index in [2.05, 4.69) is 15.7 Å². The van der Waals surface area contributed by atoms with E-state index in [9.17, 15) is 14.4 Å². The van der Waals surface area contributed by atoms with Crippen LogP contribution in [0.15, 0.2) is 12.4 Å². The highest BCUT2D eigenvalue weighted by atomic mass is 32.2. The number of carboxylic acids is 1. The Kier molecular flexibility index (Phi) is 7.77. The summed E-state index contributed by atoms with van der Waals surface area (Å²) in [7, 11) is 0. The van der Waals surface area contributed by atoms with Crippen LogP contribution >= 0.6 is 11.8 Å². The van der Waals surface area contributed by atoms with Crippen LogP contribution in [0.1, 0.15) is 42.5 Å². The first-order valence-corrected chi connectivity index (χ1v) is 9.59. The quantitative estimate of drug-likeness (QED) is 0.558. The number of aromatic nitrogens is 2. The molecule has 1 saturated carbocycles. The summed E-state index contributed by atoms with van der Waals surface area (Å²) in [6, 6.07) is 0.253. The molecule has 0 spiro atoms. The second-order valence-electron chi connectivity index (χ2n) is 6.03. The van der Waals surface area contributed by atoms with Crippen LogP contribution in [0.5, 0.6) is 0 Å². The number of carbonyl (C=O) groups is 3. The molecule has 2 rings (SSSR count). The van der Waals surface area contributed by atoms with Crippen molar-refractivity contribution in [2.24, 2.45) is 0 Å². The zero-order chi connectivity index (χ0) is 18.1. The second kappa shape index (κ2) is 10.1. The van der Waals surface area contributed by atoms with Gasteiger partial charge < -0.3 is 15.7 Å². The molecule has 0 bridgehead atoms. The molecule has 0 atom stereocenters. The minimum Gasteiger partial charge on any atom is -0.481 e. The Hall–Kier alpha value is -2.03. The molecular weight excluding hydrogens is 344 g/mol. The van der Waals surface area contributed by atoms with Crippen molar-refractivity contribution in [3.63, 3.8) is 0 Å². The molecule has 3 N–H and O–H groups in total. The van der Waals surface area contributed by atoms with Crippen LogP contribution in [0.3, 0.4) is 0 Å². The average Bonchev–Trinajstić information content (AvgIpc) is 3.03. The van der Waals surface area contributed by atoms with Gasteiger partial charge in [0.1, 0.15) is 6.54 Å². The fourth-order valence-corrected chi connectivity index (χ4v) is 3.30. The van der Waals surface area contributed by atoms with Crippen LogP contribution in [-0.4, -0.2) is 56.8 Å². The van der Waals surface area contributed by atoms with Gasteiger partial charge >= 0.3 is 5.97 Å². The Morgan fingerprint density at radius 1 is 1.28 bits per heavy atom. The third-order valence-corrected chi connectivity index (χ3v) is 4.87. The van der Waals surface area contributed by atoms with E-state index in [0.717, 1.165) is 25.7 Å². The zero-order valence-electron chi connectivity index (χ0n) is 14.1. The largest absolute Gasteiger partial charge is 0.481 e. The van der Waals surface area contributed by atoms with Gasteiger partial charge in [-0.15, -0.1) is 11.8 Å². The predicted molar refractivity (Wildman–Crippen MR) is 94.5 cm³/mol. The van der Waals surface area contributed by atoms with Crippen LogP contribution in [0.2, 0.25) is 0 Å². The summed E-state index contributed by atoms with van der Waals surface area (Å²) >= 11 is 1.24. The van der Waals surface area contributed by atoms with E-state index < -0.39 is 5.97 Å². The Balaban J connectivity index is 1.70. The molecule has 1 heterocycles. The molecule has 1 aliphatic rings. The molecule has 1 aromatic rings. The van der Waals surface area contributed by atoms with Gasteiger partial charge in [-0.1, -0.05) is 19.3 Å². The molecule has 1 aromatic heterocycles. The van der Waals surface area contributed by atoms with Crippen molar-refractivity contribution in [3.8, 4) is 0 Å². The third kappa shape index (κ3) is 7.16. The predicted octanol–water partition coefficient (Wildman–Crippen LogP) is 0.880. The van der Waals surface area contributed by atoms with Gasteiger partial charge in [-0.25, -0.2) is 0 Å². The van der Waals surface area contributed by atoms with Gasteiger partial charge in [0.05, 0.1) is 17.5 Å². The lowest BCUT2D eigenvalue weighted by Crippen LogP contribution is -2.38. The molecule has 2 amide bonds. The number of aliphatic carboxylic acids is 1. The SMILES string of the molecule is O=C(O)CSCCNC(=O)c1cnn(CC(=O)NC2CCCCC2)c1. The second-order valence-corrected chi connectivity index (χ2v) is 7.14. The average molecular weight is 368 g/mol. The van der Waals surface area contributed by atoms with Crippen LogP contribution in [0.25, 0.3) is 0 Å². The lowest BCUT2D eigenvalue weighted by molar-refractivity contribution is -0.134. The Labute approximate surface area is 150 Å². The number of hydrogen-bond donors (Lipinski definition) is 3. The number of carbonyl (C=O) groups excluding carboxylic acids is 2. The molecule has 0 unspecified atom stereocenters. The number of carboxylic acid groups (broad SMARTS) is 1. The number of nitrogens with zero attached hydrogens (tertiary/aromatic N) is 2. The number of hydrogen-bond acceptors (Lipinski definition) is 5. The fourth-order valence-electron chi connectivity index (χ4n) is 2.73. The number of thioether (sulfide) groups is 1. The van der Waals surface area contributed by atoms with Crippen LogP contribution in [0, 0.1) is 0 Å². The van der Waals surface area contributed by atoms with E-state index in [0.29, 0.717) is 17.9 Å². The van der Waals surface area contributed by atoms with Crippen LogP contribution < -0.4 is 10.6 Å². The van der Waals surface area contributed by atoms with Crippen molar-refractivity contribution in [1.29, 1.82) is 0 Å². The molecule has 8 nitrogen and oxygen atoms in total. The summed E-state index contributed by atoms with van der Waals surface area (Å²) in [5.74, 6) is -0.703. The normalized spacial score (nSPS) is 14.9. The molecule has 1 fully saturated rings. The molecule has 1 aliphatic carbocycles. The first-order chi connectivity index (χ1) is 12.0. The van der Waals surface area contributed by atoms with Crippen molar-refractivity contribution in [2.45, 2.75) is 44.7 Å². The number of amides is 2. The smallest absolute Gasteiger partial charge is 0.313 e. The van der Waals surface area contributed by atoms with E-state index in [1.54, 1.807) is 6.20 Å². The highest BCUT2D eigenvalue weighted by Gasteiger charge is 2.16. The minimum absolute atomic E-state index is 0.0178. The highest BCUT2D eigenvalue weighted by Crippen LogP contribution is 2.17. The fraction of sp³-hybridized carbons (Fsp3) is 0.625. The third-order valence-electron chi connectivity index (χ3n) is 3.93. The summed E-state index contributed by atoms with van der Waals surface area (Å²) in [4.78, 5) is 34.4. The molecule has 25 heavy (non-hydrogen) atoms. The Morgan fingerprint density at radius 3 is 2.76 bits per heavy atom. The lowest BCUT2D eigenvalue weighted by atomic mass is 9.95. The van der Waals surface area contributed by atoms with Crippen molar-refractivity contribution >= 4 is 29.5 Å². The van der Waals surface area contributed by atoms with Gasteiger partial charge in [0.25, 0.3) is 5.91 Å². The van der Waals surface area contributed by atoms with E-state index in [-0.39, 0.29) is 30.2 Å². The summed E-state index contributed by atoms with van der Waals surface area (Å²) in [6.07, 6.45) is 8.56. The standard InChI is InChI=1S/C16H24N4O4S/c21-14(19-13-4-2-1-3-5-13)10-20-9-12(8-18-20)16(24)17-6-7-25-11-15(22)23/h8-9,13H,1-7,10-11H2,(H,17,24)(H,19,21)(H,22,23). The molecule has 9 heteroatoms. The summed E-state index contributed by atoms with van der Waals surface area (Å²) < 4.78 is 1.45. The Bertz CT molecular complexity index is 599. The Morgan fingerprint density at radius 2 is 2.04 bits per heavy atom. The molecule has 0 aromatic carbocycles. The van der Waals surface area contributed by atoms with Gasteiger partial charge in [0.15, 0.2) is 0 Å². The zero-order valence-corrected chi connectivity index (χ0v) is 14.9.